The number of carbonyl (C=O) groups excluding carboxylic acids is 1. The second-order valence-electron chi connectivity index (χ2n) is 5.06. The molecular formula is C15H16N2OS. The Hall–Kier alpha value is -1.68. The van der Waals surface area contributed by atoms with Gasteiger partial charge in [-0.1, -0.05) is 25.1 Å². The number of hydrogen-bond acceptors (Lipinski definition) is 3. The predicted octanol–water partition coefficient (Wildman–Crippen LogP) is 3.52. The lowest BCUT2D eigenvalue weighted by molar-refractivity contribution is 0.102. The summed E-state index contributed by atoms with van der Waals surface area (Å²) in [6.45, 7) is 2.27. The molecule has 1 heterocycles. The van der Waals surface area contributed by atoms with E-state index < -0.39 is 0 Å². The van der Waals surface area contributed by atoms with Gasteiger partial charge in [-0.05, 0) is 37.3 Å². The maximum absolute atomic E-state index is 12.0. The Labute approximate surface area is 116 Å². The van der Waals surface area contributed by atoms with Crippen LogP contribution in [0, 0.1) is 5.92 Å². The normalized spacial score (nSPS) is 17.8. The topological polar surface area (TPSA) is 42.0 Å². The van der Waals surface area contributed by atoms with Crippen LogP contribution in [-0.4, -0.2) is 10.9 Å². The van der Waals surface area contributed by atoms with Crippen molar-refractivity contribution in [1.82, 2.24) is 4.98 Å². The Morgan fingerprint density at radius 1 is 1.37 bits per heavy atom. The number of anilines is 1. The van der Waals surface area contributed by atoms with Crippen molar-refractivity contribution >= 4 is 22.4 Å². The number of aryl methyl sites for hydroxylation is 1. The van der Waals surface area contributed by atoms with Gasteiger partial charge in [0.1, 0.15) is 0 Å². The fourth-order valence-electron chi connectivity index (χ4n) is 2.35. The molecule has 3 rings (SSSR count). The molecule has 19 heavy (non-hydrogen) atoms. The maximum Gasteiger partial charge on any atom is 0.257 e. The van der Waals surface area contributed by atoms with E-state index in [2.05, 4.69) is 17.2 Å². The van der Waals surface area contributed by atoms with Crippen molar-refractivity contribution in [2.45, 2.75) is 26.2 Å². The van der Waals surface area contributed by atoms with Gasteiger partial charge in [-0.25, -0.2) is 4.98 Å². The number of nitrogens with one attached hydrogen (secondary N) is 1. The summed E-state index contributed by atoms with van der Waals surface area (Å²) in [5, 5.41) is 3.63. The zero-order chi connectivity index (χ0) is 13.2. The first-order valence-corrected chi connectivity index (χ1v) is 7.39. The molecule has 0 bridgehead atoms. The third kappa shape index (κ3) is 2.68. The molecule has 1 aromatic heterocycles. The van der Waals surface area contributed by atoms with E-state index in [9.17, 15) is 4.79 Å². The second kappa shape index (κ2) is 5.13. The molecule has 1 N–H and O–H groups in total. The fraction of sp³-hybridized carbons (Fsp3) is 0.333. The second-order valence-corrected chi connectivity index (χ2v) is 6.14. The van der Waals surface area contributed by atoms with Crippen LogP contribution in [0.15, 0.2) is 30.3 Å². The van der Waals surface area contributed by atoms with Gasteiger partial charge in [0.15, 0.2) is 5.13 Å². The summed E-state index contributed by atoms with van der Waals surface area (Å²) < 4.78 is 0. The molecular weight excluding hydrogens is 256 g/mol. The lowest BCUT2D eigenvalue weighted by Crippen LogP contribution is -2.11. The molecule has 4 heteroatoms. The van der Waals surface area contributed by atoms with E-state index in [0.717, 1.165) is 23.9 Å². The van der Waals surface area contributed by atoms with Crippen molar-refractivity contribution in [2.75, 3.05) is 5.32 Å². The van der Waals surface area contributed by atoms with E-state index in [1.165, 1.54) is 17.0 Å². The number of thiazole rings is 1. The third-order valence-corrected chi connectivity index (χ3v) is 4.48. The zero-order valence-corrected chi connectivity index (χ0v) is 11.7. The van der Waals surface area contributed by atoms with Crippen LogP contribution < -0.4 is 5.32 Å². The van der Waals surface area contributed by atoms with Gasteiger partial charge in [-0.15, -0.1) is 11.3 Å². The average molecular weight is 272 g/mol. The predicted molar refractivity (Wildman–Crippen MR) is 77.7 cm³/mol. The van der Waals surface area contributed by atoms with E-state index in [0.29, 0.717) is 5.56 Å². The van der Waals surface area contributed by atoms with Gasteiger partial charge < -0.3 is 0 Å². The molecule has 1 aliphatic carbocycles. The number of hydrogen-bond donors (Lipinski definition) is 1. The molecule has 0 spiro atoms. The van der Waals surface area contributed by atoms with Gasteiger partial charge in [0.2, 0.25) is 0 Å². The number of benzene rings is 1. The van der Waals surface area contributed by atoms with Gasteiger partial charge in [0.05, 0.1) is 5.69 Å². The van der Waals surface area contributed by atoms with Crippen molar-refractivity contribution in [1.29, 1.82) is 0 Å². The van der Waals surface area contributed by atoms with Crippen LogP contribution >= 0.6 is 11.3 Å². The number of carbonyl (C=O) groups is 1. The minimum atomic E-state index is -0.0836. The Morgan fingerprint density at radius 2 is 2.16 bits per heavy atom. The standard InChI is InChI=1S/C15H16N2OS/c1-10-7-8-12-13(9-10)19-15(16-12)17-14(18)11-5-3-2-4-6-11/h2-6,10H,7-9H2,1H3,(H,16,17,18). The van der Waals surface area contributed by atoms with E-state index in [1.54, 1.807) is 11.3 Å². The summed E-state index contributed by atoms with van der Waals surface area (Å²) >= 11 is 1.62. The molecule has 98 valence electrons. The van der Waals surface area contributed by atoms with Crippen molar-refractivity contribution in [2.24, 2.45) is 5.92 Å². The molecule has 0 radical (unpaired) electrons. The molecule has 0 aliphatic heterocycles. The molecule has 1 atom stereocenters. The summed E-state index contributed by atoms with van der Waals surface area (Å²) in [6.07, 6.45) is 3.32. The van der Waals surface area contributed by atoms with Crippen LogP contribution in [-0.2, 0) is 12.8 Å². The highest BCUT2D eigenvalue weighted by Crippen LogP contribution is 2.32. The number of nitrogens with zero attached hydrogens (tertiary/aromatic N) is 1. The van der Waals surface area contributed by atoms with Crippen LogP contribution in [0.4, 0.5) is 5.13 Å². The fourth-order valence-corrected chi connectivity index (χ4v) is 3.52. The Morgan fingerprint density at radius 3 is 2.95 bits per heavy atom. The molecule has 1 aromatic carbocycles. The van der Waals surface area contributed by atoms with Gasteiger partial charge in [0.25, 0.3) is 5.91 Å². The van der Waals surface area contributed by atoms with Gasteiger partial charge >= 0.3 is 0 Å². The van der Waals surface area contributed by atoms with Crippen molar-refractivity contribution in [3.8, 4) is 0 Å². The lowest BCUT2D eigenvalue weighted by Gasteiger charge is -2.15. The minimum Gasteiger partial charge on any atom is -0.298 e. The minimum absolute atomic E-state index is 0.0836. The van der Waals surface area contributed by atoms with E-state index >= 15 is 0 Å². The molecule has 0 saturated heterocycles. The van der Waals surface area contributed by atoms with Crippen molar-refractivity contribution < 1.29 is 4.79 Å². The van der Waals surface area contributed by atoms with Gasteiger partial charge in [-0.3, -0.25) is 10.1 Å². The number of amides is 1. The Balaban J connectivity index is 1.76. The molecule has 0 saturated carbocycles. The highest BCUT2D eigenvalue weighted by molar-refractivity contribution is 7.15. The summed E-state index contributed by atoms with van der Waals surface area (Å²) in [5.41, 5.74) is 1.84. The molecule has 1 amide bonds. The monoisotopic (exact) mass is 272 g/mol. The van der Waals surface area contributed by atoms with Gasteiger partial charge in [0, 0.05) is 10.4 Å². The SMILES string of the molecule is CC1CCc2nc(NC(=O)c3ccccc3)sc2C1. The van der Waals surface area contributed by atoms with Crippen LogP contribution in [0.3, 0.4) is 0 Å². The van der Waals surface area contributed by atoms with Crippen LogP contribution in [0.2, 0.25) is 0 Å². The Kier molecular flexibility index (Phi) is 3.34. The summed E-state index contributed by atoms with van der Waals surface area (Å²) in [7, 11) is 0. The number of fused-ring (bicyclic) bond motifs is 1. The Bertz CT molecular complexity index is 591. The van der Waals surface area contributed by atoms with E-state index in [4.69, 9.17) is 0 Å². The van der Waals surface area contributed by atoms with Crippen LogP contribution in [0.1, 0.15) is 34.3 Å². The zero-order valence-electron chi connectivity index (χ0n) is 10.8. The van der Waals surface area contributed by atoms with Crippen LogP contribution in [0.25, 0.3) is 0 Å². The third-order valence-electron chi connectivity index (χ3n) is 3.44. The largest absolute Gasteiger partial charge is 0.298 e. The summed E-state index contributed by atoms with van der Waals surface area (Å²) in [4.78, 5) is 17.9. The lowest BCUT2D eigenvalue weighted by atomic mass is 9.93. The van der Waals surface area contributed by atoms with Crippen molar-refractivity contribution in [3.05, 3.63) is 46.5 Å². The molecule has 1 aliphatic rings. The molecule has 2 aromatic rings. The first-order chi connectivity index (χ1) is 9.22. The molecule has 3 nitrogen and oxygen atoms in total. The first-order valence-electron chi connectivity index (χ1n) is 6.57. The number of rotatable bonds is 2. The average Bonchev–Trinajstić information content (AvgIpc) is 2.81. The molecule has 0 fully saturated rings. The quantitative estimate of drug-likeness (QED) is 0.909. The maximum atomic E-state index is 12.0. The number of aromatic nitrogens is 1. The summed E-state index contributed by atoms with van der Waals surface area (Å²) in [5.74, 6) is 0.644. The van der Waals surface area contributed by atoms with E-state index in [-0.39, 0.29) is 5.91 Å². The van der Waals surface area contributed by atoms with E-state index in [1.807, 2.05) is 30.3 Å². The van der Waals surface area contributed by atoms with Crippen molar-refractivity contribution in [3.63, 3.8) is 0 Å². The highest BCUT2D eigenvalue weighted by atomic mass is 32.1. The summed E-state index contributed by atoms with van der Waals surface area (Å²) in [6, 6.07) is 9.25. The van der Waals surface area contributed by atoms with Crippen LogP contribution in [0.5, 0.6) is 0 Å². The smallest absolute Gasteiger partial charge is 0.257 e. The van der Waals surface area contributed by atoms with Gasteiger partial charge in [-0.2, -0.15) is 0 Å². The first kappa shape index (κ1) is 12.4. The molecule has 1 unspecified atom stereocenters. The highest BCUT2D eigenvalue weighted by Gasteiger charge is 2.20.